The van der Waals surface area contributed by atoms with Crippen molar-refractivity contribution in [3.8, 4) is 11.5 Å². The van der Waals surface area contributed by atoms with Crippen LogP contribution in [0.25, 0.3) is 0 Å². The van der Waals surface area contributed by atoms with Crippen molar-refractivity contribution in [1.29, 1.82) is 0 Å². The maximum atomic E-state index is 14.7. The van der Waals surface area contributed by atoms with Gasteiger partial charge in [0.15, 0.2) is 0 Å². The molecule has 262 valence electrons. The van der Waals surface area contributed by atoms with Crippen molar-refractivity contribution in [2.24, 2.45) is 0 Å². The normalized spacial score (nSPS) is 13.7. The van der Waals surface area contributed by atoms with Crippen LogP contribution >= 0.6 is 11.6 Å². The molecule has 0 saturated heterocycles. The van der Waals surface area contributed by atoms with Crippen molar-refractivity contribution in [2.75, 3.05) is 10.8 Å². The number of carbonyl (C=O) groups excluding carboxylic acids is 2. The Hall–Kier alpha value is -5.12. The van der Waals surface area contributed by atoms with E-state index in [2.05, 4.69) is 5.32 Å². The van der Waals surface area contributed by atoms with Crippen LogP contribution in [-0.2, 0) is 32.6 Å². The van der Waals surface area contributed by atoms with E-state index in [1.54, 1.807) is 66.7 Å². The molecule has 1 saturated carbocycles. The number of ether oxygens (including phenoxy) is 1. The van der Waals surface area contributed by atoms with Gasteiger partial charge in [0.2, 0.25) is 11.8 Å². The van der Waals surface area contributed by atoms with Crippen molar-refractivity contribution in [2.45, 2.75) is 55.6 Å². The summed E-state index contributed by atoms with van der Waals surface area (Å²) in [4.78, 5) is 30.5. The minimum Gasteiger partial charge on any atom is -0.457 e. The molecule has 0 unspecified atom stereocenters. The van der Waals surface area contributed by atoms with Crippen LogP contribution in [0.5, 0.6) is 11.5 Å². The number of hydrogen-bond donors (Lipinski definition) is 1. The summed E-state index contributed by atoms with van der Waals surface area (Å²) >= 11 is 6.20. The molecule has 0 spiro atoms. The molecule has 0 aliphatic heterocycles. The van der Waals surface area contributed by atoms with E-state index in [9.17, 15) is 18.0 Å². The van der Waals surface area contributed by atoms with Gasteiger partial charge in [-0.3, -0.25) is 13.9 Å². The topological polar surface area (TPSA) is 96.0 Å². The van der Waals surface area contributed by atoms with Crippen LogP contribution in [-0.4, -0.2) is 43.8 Å². The second kappa shape index (κ2) is 16.7. The number of amides is 2. The summed E-state index contributed by atoms with van der Waals surface area (Å²) < 4.78 is 35.7. The molecule has 5 aromatic rings. The smallest absolute Gasteiger partial charge is 0.264 e. The monoisotopic (exact) mass is 721 g/mol. The van der Waals surface area contributed by atoms with Gasteiger partial charge in [0.1, 0.15) is 24.1 Å². The fourth-order valence-corrected chi connectivity index (χ4v) is 7.82. The number of nitrogens with one attached hydrogen (secondary N) is 1. The Morgan fingerprint density at radius 1 is 0.725 bits per heavy atom. The van der Waals surface area contributed by atoms with E-state index in [1.165, 1.54) is 17.0 Å². The fourth-order valence-electron chi connectivity index (χ4n) is 6.26. The molecular weight excluding hydrogens is 682 g/mol. The number of rotatable bonds is 14. The molecule has 1 atom stereocenters. The second-order valence-electron chi connectivity index (χ2n) is 12.6. The van der Waals surface area contributed by atoms with E-state index in [0.29, 0.717) is 16.5 Å². The lowest BCUT2D eigenvalue weighted by molar-refractivity contribution is -0.140. The van der Waals surface area contributed by atoms with Gasteiger partial charge in [0, 0.05) is 24.0 Å². The summed E-state index contributed by atoms with van der Waals surface area (Å²) in [5.74, 6) is 0.334. The number of para-hydroxylation sites is 1. The quantitative estimate of drug-likeness (QED) is 0.125. The zero-order chi connectivity index (χ0) is 35.6. The third kappa shape index (κ3) is 9.36. The Balaban J connectivity index is 1.37. The average Bonchev–Trinajstić information content (AvgIpc) is 3.67. The maximum absolute atomic E-state index is 14.7. The number of anilines is 1. The highest BCUT2D eigenvalue weighted by atomic mass is 35.5. The van der Waals surface area contributed by atoms with Crippen LogP contribution < -0.4 is 14.4 Å². The van der Waals surface area contributed by atoms with Crippen LogP contribution in [0.15, 0.2) is 144 Å². The molecule has 51 heavy (non-hydrogen) atoms. The van der Waals surface area contributed by atoms with Gasteiger partial charge in [-0.15, -0.1) is 0 Å². The van der Waals surface area contributed by atoms with Crippen molar-refractivity contribution in [3.05, 3.63) is 156 Å². The summed E-state index contributed by atoms with van der Waals surface area (Å²) in [5.41, 5.74) is 1.90. The van der Waals surface area contributed by atoms with E-state index in [1.807, 2.05) is 60.7 Å². The average molecular weight is 722 g/mol. The molecule has 1 N–H and O–H groups in total. The first kappa shape index (κ1) is 35.7. The molecule has 1 aliphatic rings. The largest absolute Gasteiger partial charge is 0.457 e. The van der Waals surface area contributed by atoms with Gasteiger partial charge in [-0.2, -0.15) is 0 Å². The highest BCUT2D eigenvalue weighted by molar-refractivity contribution is 7.92. The maximum Gasteiger partial charge on any atom is 0.264 e. The standard InChI is InChI=1S/C41H40ClN3O5S/c42-33-22-20-32(21-23-33)29-44(39(28-31-12-4-1-5-13-31)41(47)43-34-14-10-11-15-34)40(46)30-45(51(48,49)38-18-8-3-9-19-38)35-24-26-37(27-25-35)50-36-16-6-2-7-17-36/h1-9,12-13,16-27,34,39H,10-11,14-15,28-30H2,(H,43,47)/t39-/m1/s1. The van der Waals surface area contributed by atoms with Gasteiger partial charge >= 0.3 is 0 Å². The van der Waals surface area contributed by atoms with Gasteiger partial charge in [-0.05, 0) is 84.6 Å². The van der Waals surface area contributed by atoms with E-state index in [4.69, 9.17) is 16.3 Å². The Labute approximate surface area is 304 Å². The second-order valence-corrected chi connectivity index (χ2v) is 14.9. The lowest BCUT2D eigenvalue weighted by atomic mass is 10.0. The van der Waals surface area contributed by atoms with Gasteiger partial charge < -0.3 is 15.0 Å². The molecule has 0 heterocycles. The zero-order valence-corrected chi connectivity index (χ0v) is 29.7. The van der Waals surface area contributed by atoms with E-state index in [0.717, 1.165) is 41.1 Å². The third-order valence-corrected chi connectivity index (χ3v) is 11.0. The van der Waals surface area contributed by atoms with Crippen molar-refractivity contribution >= 4 is 39.1 Å². The summed E-state index contributed by atoms with van der Waals surface area (Å²) in [6, 6.07) is 39.5. The SMILES string of the molecule is O=C(NC1CCCC1)[C@@H](Cc1ccccc1)N(Cc1ccc(Cl)cc1)C(=O)CN(c1ccc(Oc2ccccc2)cc1)S(=O)(=O)c1ccccc1. The van der Waals surface area contributed by atoms with Gasteiger partial charge in [-0.1, -0.05) is 103 Å². The molecule has 0 bridgehead atoms. The summed E-state index contributed by atoms with van der Waals surface area (Å²) in [6.45, 7) is -0.486. The molecule has 1 aliphatic carbocycles. The number of carbonyl (C=O) groups is 2. The number of sulfonamides is 1. The summed E-state index contributed by atoms with van der Waals surface area (Å²) in [6.07, 6.45) is 4.06. The first-order chi connectivity index (χ1) is 24.8. The first-order valence-electron chi connectivity index (χ1n) is 17.1. The first-order valence-corrected chi connectivity index (χ1v) is 18.9. The van der Waals surface area contributed by atoms with Crippen LogP contribution in [0.2, 0.25) is 5.02 Å². The fraction of sp³-hybridized carbons (Fsp3) is 0.220. The molecule has 0 aromatic heterocycles. The van der Waals surface area contributed by atoms with Gasteiger partial charge in [0.25, 0.3) is 10.0 Å². The predicted molar refractivity (Wildman–Crippen MR) is 200 cm³/mol. The van der Waals surface area contributed by atoms with E-state index >= 15 is 0 Å². The minimum absolute atomic E-state index is 0.0230. The Morgan fingerprint density at radius 2 is 1.29 bits per heavy atom. The molecule has 2 amide bonds. The lowest BCUT2D eigenvalue weighted by Gasteiger charge is -2.34. The minimum atomic E-state index is -4.23. The molecule has 0 radical (unpaired) electrons. The number of benzene rings is 5. The number of nitrogens with zero attached hydrogens (tertiary/aromatic N) is 2. The molecule has 6 rings (SSSR count). The Kier molecular flexibility index (Phi) is 11.7. The van der Waals surface area contributed by atoms with Crippen LogP contribution in [0.3, 0.4) is 0 Å². The molecular formula is C41H40ClN3O5S. The molecule has 8 nitrogen and oxygen atoms in total. The Bertz CT molecular complexity index is 1990. The van der Waals surface area contributed by atoms with Crippen LogP contribution in [0.4, 0.5) is 5.69 Å². The highest BCUT2D eigenvalue weighted by Gasteiger charge is 2.35. The predicted octanol–water partition coefficient (Wildman–Crippen LogP) is 8.03. The Morgan fingerprint density at radius 3 is 1.92 bits per heavy atom. The summed E-state index contributed by atoms with van der Waals surface area (Å²) in [5, 5.41) is 3.74. The summed E-state index contributed by atoms with van der Waals surface area (Å²) in [7, 11) is -4.23. The van der Waals surface area contributed by atoms with Gasteiger partial charge in [-0.25, -0.2) is 8.42 Å². The molecule has 1 fully saturated rings. The molecule has 10 heteroatoms. The van der Waals surface area contributed by atoms with E-state index < -0.39 is 28.5 Å². The third-order valence-electron chi connectivity index (χ3n) is 8.95. The van der Waals surface area contributed by atoms with Crippen LogP contribution in [0.1, 0.15) is 36.8 Å². The zero-order valence-electron chi connectivity index (χ0n) is 28.1. The van der Waals surface area contributed by atoms with E-state index in [-0.39, 0.29) is 35.5 Å². The number of halogens is 1. The lowest BCUT2D eigenvalue weighted by Crippen LogP contribution is -2.54. The van der Waals surface area contributed by atoms with Gasteiger partial charge in [0.05, 0.1) is 10.6 Å². The van der Waals surface area contributed by atoms with Crippen molar-refractivity contribution in [1.82, 2.24) is 10.2 Å². The van der Waals surface area contributed by atoms with Crippen molar-refractivity contribution in [3.63, 3.8) is 0 Å². The highest BCUT2D eigenvalue weighted by Crippen LogP contribution is 2.29. The molecule has 5 aromatic carbocycles. The van der Waals surface area contributed by atoms with Crippen molar-refractivity contribution < 1.29 is 22.7 Å². The number of hydrogen-bond acceptors (Lipinski definition) is 5. The van der Waals surface area contributed by atoms with Crippen LogP contribution in [0, 0.1) is 0 Å².